The van der Waals surface area contributed by atoms with Crippen LogP contribution in [-0.4, -0.2) is 50.0 Å². The molecule has 2 fully saturated rings. The maximum Gasteiger partial charge on any atom is 0.237 e. The minimum absolute atomic E-state index is 0. The third-order valence-electron chi connectivity index (χ3n) is 7.08. The predicted molar refractivity (Wildman–Crippen MR) is 130 cm³/mol. The highest BCUT2D eigenvalue weighted by atomic mass is 35.5. The van der Waals surface area contributed by atoms with Crippen LogP contribution in [0.25, 0.3) is 11.6 Å². The molecule has 2 aromatic heterocycles. The Morgan fingerprint density at radius 3 is 2.71 bits per heavy atom. The SMILES string of the molecule is Cc1ncoc1-c1nnc(SCCCN2CC3(c4cccc(S(F)(F)F)c4)C[C@@]3(C)C2)n1C.Cl. The van der Waals surface area contributed by atoms with Gasteiger partial charge in [-0.15, -0.1) is 34.3 Å². The van der Waals surface area contributed by atoms with E-state index in [0.29, 0.717) is 11.6 Å². The first-order valence-corrected chi connectivity index (χ1v) is 13.1. The molecule has 12 heteroatoms. The number of likely N-dealkylation sites (tertiary alicyclic amines) is 1. The maximum atomic E-state index is 13.3. The van der Waals surface area contributed by atoms with Crippen molar-refractivity contribution in [3.05, 3.63) is 41.9 Å². The van der Waals surface area contributed by atoms with Crippen LogP contribution in [0.1, 0.15) is 31.0 Å². The third kappa shape index (κ3) is 4.36. The Kier molecular flexibility index (Phi) is 6.78. The zero-order valence-corrected chi connectivity index (χ0v) is 21.6. The van der Waals surface area contributed by atoms with E-state index in [1.807, 2.05) is 24.6 Å². The molecule has 0 amide bonds. The molecule has 0 N–H and O–H groups in total. The second-order valence-electron chi connectivity index (χ2n) is 9.30. The fourth-order valence-electron chi connectivity index (χ4n) is 5.25. The number of fused-ring (bicyclic) bond motifs is 1. The van der Waals surface area contributed by atoms with E-state index in [0.717, 1.165) is 54.6 Å². The van der Waals surface area contributed by atoms with Crippen LogP contribution >= 0.6 is 35.4 Å². The summed E-state index contributed by atoms with van der Waals surface area (Å²) < 4.78 is 47.2. The molecule has 5 rings (SSSR count). The average Bonchev–Trinajstić information content (AvgIpc) is 3.11. The van der Waals surface area contributed by atoms with Crippen LogP contribution in [0.3, 0.4) is 0 Å². The normalized spacial score (nSPS) is 24.6. The largest absolute Gasteiger partial charge is 0.440 e. The Morgan fingerprint density at radius 1 is 1.21 bits per heavy atom. The van der Waals surface area contributed by atoms with Crippen molar-refractivity contribution in [3.8, 4) is 11.6 Å². The molecule has 34 heavy (non-hydrogen) atoms. The quantitative estimate of drug-likeness (QED) is 0.255. The molecule has 0 spiro atoms. The summed E-state index contributed by atoms with van der Waals surface area (Å²) in [5.41, 5.74) is 1.54. The number of thioether (sulfide) groups is 1. The van der Waals surface area contributed by atoms with Crippen molar-refractivity contribution in [1.29, 1.82) is 0 Å². The second-order valence-corrected chi connectivity index (χ2v) is 11.6. The molecule has 0 radical (unpaired) electrons. The number of hydrogen-bond donors (Lipinski definition) is 0. The lowest BCUT2D eigenvalue weighted by Crippen LogP contribution is -2.28. The van der Waals surface area contributed by atoms with Gasteiger partial charge in [-0.2, -0.15) is 0 Å². The lowest BCUT2D eigenvalue weighted by molar-refractivity contribution is 0.284. The van der Waals surface area contributed by atoms with Gasteiger partial charge in [0.15, 0.2) is 17.3 Å². The molecule has 1 unspecified atom stereocenters. The fourth-order valence-corrected chi connectivity index (χ4v) is 6.58. The van der Waals surface area contributed by atoms with E-state index in [4.69, 9.17) is 4.42 Å². The summed E-state index contributed by atoms with van der Waals surface area (Å²) in [4.78, 5) is 6.04. The summed E-state index contributed by atoms with van der Waals surface area (Å²) >= 11 is -3.55. The third-order valence-corrected chi connectivity index (χ3v) is 8.97. The number of hydrogen-bond acceptors (Lipinski definition) is 6. The number of oxazole rings is 1. The second kappa shape index (κ2) is 9.07. The van der Waals surface area contributed by atoms with E-state index in [-0.39, 0.29) is 23.2 Å². The highest BCUT2D eigenvalue weighted by Crippen LogP contribution is 2.69. The van der Waals surface area contributed by atoms with Crippen molar-refractivity contribution < 1.29 is 16.1 Å². The molecule has 3 heterocycles. The van der Waals surface area contributed by atoms with E-state index in [1.165, 1.54) is 18.5 Å². The number of benzene rings is 1. The van der Waals surface area contributed by atoms with Gasteiger partial charge in [0.2, 0.25) is 17.0 Å². The zero-order valence-electron chi connectivity index (χ0n) is 19.1. The van der Waals surface area contributed by atoms with Gasteiger partial charge in [0.1, 0.15) is 0 Å². The van der Waals surface area contributed by atoms with Crippen LogP contribution in [0, 0.1) is 12.3 Å². The Labute approximate surface area is 209 Å². The van der Waals surface area contributed by atoms with Crippen molar-refractivity contribution in [2.45, 2.75) is 42.2 Å². The first-order chi connectivity index (χ1) is 15.6. The molecule has 1 aromatic carbocycles. The molecule has 1 aliphatic carbocycles. The summed E-state index contributed by atoms with van der Waals surface area (Å²) in [5.74, 6) is 2.17. The van der Waals surface area contributed by atoms with E-state index in [2.05, 4.69) is 27.0 Å². The molecule has 2 aliphatic rings. The minimum atomic E-state index is -5.20. The summed E-state index contributed by atoms with van der Waals surface area (Å²) in [6.07, 6.45) is 3.33. The Bertz CT molecular complexity index is 1190. The molecule has 186 valence electrons. The summed E-state index contributed by atoms with van der Waals surface area (Å²) in [6.45, 7) is 6.75. The molecular formula is C22H27ClF3N5OS2. The molecule has 0 bridgehead atoms. The van der Waals surface area contributed by atoms with Gasteiger partial charge in [-0.05, 0) is 49.4 Å². The van der Waals surface area contributed by atoms with E-state index in [1.54, 1.807) is 17.8 Å². The van der Waals surface area contributed by atoms with Crippen molar-refractivity contribution in [3.63, 3.8) is 0 Å². The summed E-state index contributed by atoms with van der Waals surface area (Å²) in [7, 11) is 1.91. The Hall–Kier alpha value is -1.69. The van der Waals surface area contributed by atoms with Gasteiger partial charge in [0.05, 0.1) is 10.6 Å². The van der Waals surface area contributed by atoms with Crippen molar-refractivity contribution in [2.24, 2.45) is 12.5 Å². The maximum absolute atomic E-state index is 13.3. The van der Waals surface area contributed by atoms with Crippen LogP contribution in [0.2, 0.25) is 0 Å². The minimum Gasteiger partial charge on any atom is -0.440 e. The number of halogens is 4. The van der Waals surface area contributed by atoms with Crippen LogP contribution in [0.15, 0.2) is 45.1 Å². The molecule has 1 saturated carbocycles. The van der Waals surface area contributed by atoms with Crippen LogP contribution in [0.4, 0.5) is 11.7 Å². The van der Waals surface area contributed by atoms with Gasteiger partial charge in [-0.25, -0.2) is 4.98 Å². The van der Waals surface area contributed by atoms with E-state index >= 15 is 0 Å². The molecule has 1 saturated heterocycles. The molecule has 3 aromatic rings. The lowest BCUT2D eigenvalue weighted by Gasteiger charge is -2.21. The summed E-state index contributed by atoms with van der Waals surface area (Å²) in [6, 6.07) is 6.02. The molecular weight excluding hydrogens is 507 g/mol. The van der Waals surface area contributed by atoms with Crippen molar-refractivity contribution in [2.75, 3.05) is 25.4 Å². The van der Waals surface area contributed by atoms with Crippen LogP contribution in [-0.2, 0) is 12.5 Å². The van der Waals surface area contributed by atoms with Gasteiger partial charge in [-0.3, -0.25) is 0 Å². The van der Waals surface area contributed by atoms with Crippen LogP contribution in [0.5, 0.6) is 0 Å². The predicted octanol–water partition coefficient (Wildman–Crippen LogP) is 6.16. The monoisotopic (exact) mass is 533 g/mol. The highest BCUT2D eigenvalue weighted by molar-refractivity contribution is 8.20. The topological polar surface area (TPSA) is 60.0 Å². The summed E-state index contributed by atoms with van der Waals surface area (Å²) in [5, 5.41) is 9.33. The zero-order chi connectivity index (χ0) is 23.4. The van der Waals surface area contributed by atoms with E-state index in [9.17, 15) is 11.7 Å². The molecule has 2 atom stereocenters. The molecule has 6 nitrogen and oxygen atoms in total. The van der Waals surface area contributed by atoms with E-state index < -0.39 is 16.1 Å². The van der Waals surface area contributed by atoms with Gasteiger partial charge in [0, 0.05) is 31.3 Å². The van der Waals surface area contributed by atoms with Crippen molar-refractivity contribution in [1.82, 2.24) is 24.6 Å². The smallest absolute Gasteiger partial charge is 0.237 e. The van der Waals surface area contributed by atoms with Gasteiger partial charge < -0.3 is 13.9 Å². The number of aryl methyl sites for hydroxylation is 1. The van der Waals surface area contributed by atoms with Gasteiger partial charge in [0.25, 0.3) is 0 Å². The highest BCUT2D eigenvalue weighted by Gasteiger charge is 2.69. The first kappa shape index (κ1) is 25.4. The van der Waals surface area contributed by atoms with Gasteiger partial charge >= 0.3 is 0 Å². The average molecular weight is 534 g/mol. The van der Waals surface area contributed by atoms with Crippen LogP contribution < -0.4 is 0 Å². The number of rotatable bonds is 8. The number of aromatic nitrogens is 4. The molecule has 1 aliphatic heterocycles. The number of nitrogens with zero attached hydrogens (tertiary/aromatic N) is 5. The Morgan fingerprint density at radius 2 is 2.00 bits per heavy atom. The lowest BCUT2D eigenvalue weighted by atomic mass is 9.90. The van der Waals surface area contributed by atoms with Crippen molar-refractivity contribution >= 4 is 35.4 Å². The first-order valence-electron chi connectivity index (χ1n) is 10.8. The standard InChI is InChI=1S/C22H26F3N5OS2.ClH/c1-15-18(31-14-26-15)19-27-28-20(29(19)3)32-9-5-8-30-12-21(2)11-22(21,13-30)16-6-4-7-17(10-16)33(23,24)25;/h4,6-7,10,14H,5,8-9,11-13H2,1-3H3;1H/t21-,22?;/m0./s1. The number of piperidine rings is 1. The fraction of sp³-hybridized carbons (Fsp3) is 0.500. The van der Waals surface area contributed by atoms with Gasteiger partial charge in [-0.1, -0.05) is 30.8 Å². The Balaban J connectivity index is 0.00000274.